The number of hydrogen-bond donors (Lipinski definition) is 0. The van der Waals surface area contributed by atoms with Crippen LogP contribution in [0.5, 0.6) is 0 Å². The SMILES string of the molecule is [O]C(=O)C(F)(F)C(F)F. The van der Waals surface area contributed by atoms with Gasteiger partial charge in [0.05, 0.1) is 0 Å². The van der Waals surface area contributed by atoms with Crippen molar-refractivity contribution in [2.24, 2.45) is 0 Å². The molecule has 0 aliphatic rings. The molecule has 0 heterocycles. The molecule has 0 saturated heterocycles. The zero-order chi connectivity index (χ0) is 7.65. The number of carbonyl (C=O) groups excluding carboxylic acids is 1. The molecule has 0 N–H and O–H groups in total. The molecule has 0 aromatic carbocycles. The van der Waals surface area contributed by atoms with Gasteiger partial charge in [-0.2, -0.15) is 8.78 Å². The zero-order valence-corrected chi connectivity index (χ0v) is 3.91. The maximum absolute atomic E-state index is 11.3. The van der Waals surface area contributed by atoms with Crippen molar-refractivity contribution in [2.45, 2.75) is 12.3 Å². The highest BCUT2D eigenvalue weighted by Crippen LogP contribution is 2.22. The molecule has 1 radical (unpaired) electrons. The first kappa shape index (κ1) is 8.19. The second kappa shape index (κ2) is 2.20. The number of alkyl halides is 4. The van der Waals surface area contributed by atoms with Crippen LogP contribution in [0.15, 0.2) is 0 Å². The minimum Gasteiger partial charge on any atom is -0.240 e. The van der Waals surface area contributed by atoms with Crippen LogP contribution >= 0.6 is 0 Å². The Morgan fingerprint density at radius 1 is 1.33 bits per heavy atom. The second-order valence-electron chi connectivity index (χ2n) is 1.21. The smallest absolute Gasteiger partial charge is 0.240 e. The molecule has 0 unspecified atom stereocenters. The molecular formula is C3HF4O2. The number of rotatable bonds is 2. The van der Waals surface area contributed by atoms with E-state index in [-0.39, 0.29) is 0 Å². The van der Waals surface area contributed by atoms with E-state index in [1.165, 1.54) is 0 Å². The van der Waals surface area contributed by atoms with E-state index in [0.29, 0.717) is 0 Å². The van der Waals surface area contributed by atoms with Crippen LogP contribution in [0.1, 0.15) is 0 Å². The second-order valence-corrected chi connectivity index (χ2v) is 1.21. The van der Waals surface area contributed by atoms with Gasteiger partial charge in [-0.3, -0.25) is 0 Å². The highest BCUT2D eigenvalue weighted by atomic mass is 19.3. The van der Waals surface area contributed by atoms with Crippen LogP contribution in [-0.2, 0) is 9.90 Å². The number of halogens is 4. The van der Waals surface area contributed by atoms with Crippen LogP contribution < -0.4 is 0 Å². The Kier molecular flexibility index (Phi) is 2.00. The van der Waals surface area contributed by atoms with Gasteiger partial charge >= 0.3 is 18.3 Å². The van der Waals surface area contributed by atoms with E-state index in [1.54, 1.807) is 0 Å². The van der Waals surface area contributed by atoms with Gasteiger partial charge in [-0.05, 0) is 0 Å². The van der Waals surface area contributed by atoms with Crippen molar-refractivity contribution in [3.8, 4) is 0 Å². The third-order valence-corrected chi connectivity index (χ3v) is 0.546. The fourth-order valence-electron chi connectivity index (χ4n) is 0.0891. The van der Waals surface area contributed by atoms with Gasteiger partial charge in [0.1, 0.15) is 0 Å². The first-order valence-electron chi connectivity index (χ1n) is 1.76. The first-order chi connectivity index (χ1) is 3.89. The molecule has 9 heavy (non-hydrogen) atoms. The highest BCUT2D eigenvalue weighted by molar-refractivity contribution is 5.75. The van der Waals surface area contributed by atoms with Gasteiger partial charge in [-0.15, -0.1) is 0 Å². The standard InChI is InChI=1S/C3HF4O2/c4-1(5)3(6,7)2(8)9/h1H. The lowest BCUT2D eigenvalue weighted by Crippen LogP contribution is -2.35. The molecular weight excluding hydrogens is 144 g/mol. The van der Waals surface area contributed by atoms with E-state index in [2.05, 4.69) is 0 Å². The highest BCUT2D eigenvalue weighted by Gasteiger charge is 2.50. The third kappa shape index (κ3) is 1.55. The maximum atomic E-state index is 11.3. The van der Waals surface area contributed by atoms with Crippen molar-refractivity contribution < 1.29 is 27.5 Å². The largest absolute Gasteiger partial charge is 0.430 e. The monoisotopic (exact) mass is 145 g/mol. The van der Waals surface area contributed by atoms with Crippen LogP contribution in [0.25, 0.3) is 0 Å². The van der Waals surface area contributed by atoms with Gasteiger partial charge in [-0.1, -0.05) is 0 Å². The van der Waals surface area contributed by atoms with Crippen molar-refractivity contribution in [1.82, 2.24) is 0 Å². The van der Waals surface area contributed by atoms with E-state index in [4.69, 9.17) is 9.90 Å². The molecule has 6 heteroatoms. The van der Waals surface area contributed by atoms with Crippen LogP contribution in [0, 0.1) is 0 Å². The summed E-state index contributed by atoms with van der Waals surface area (Å²) in [4.78, 5) is 9.12. The Morgan fingerprint density at radius 3 is 1.67 bits per heavy atom. The fourth-order valence-corrected chi connectivity index (χ4v) is 0.0891. The van der Waals surface area contributed by atoms with Crippen molar-refractivity contribution in [3.05, 3.63) is 0 Å². The van der Waals surface area contributed by atoms with Gasteiger partial charge < -0.3 is 0 Å². The lowest BCUT2D eigenvalue weighted by atomic mass is 10.4. The molecule has 0 aliphatic carbocycles. The van der Waals surface area contributed by atoms with Gasteiger partial charge in [-0.25, -0.2) is 18.7 Å². The van der Waals surface area contributed by atoms with Gasteiger partial charge in [0, 0.05) is 0 Å². The summed E-state index contributed by atoms with van der Waals surface area (Å²) in [5.41, 5.74) is 0. The summed E-state index contributed by atoms with van der Waals surface area (Å²) in [6.07, 6.45) is -4.21. The minimum atomic E-state index is -5.03. The van der Waals surface area contributed by atoms with Crippen LogP contribution in [0.2, 0.25) is 0 Å². The molecule has 0 fully saturated rings. The molecule has 0 aromatic heterocycles. The molecule has 53 valence electrons. The average Bonchev–Trinajstić information content (AvgIpc) is 1.65. The molecule has 0 rings (SSSR count). The topological polar surface area (TPSA) is 37.0 Å². The summed E-state index contributed by atoms with van der Waals surface area (Å²) in [6.45, 7) is 0. The third-order valence-electron chi connectivity index (χ3n) is 0.546. The molecule has 0 bridgehead atoms. The average molecular weight is 145 g/mol. The Labute approximate surface area is 47.1 Å². The fraction of sp³-hybridized carbons (Fsp3) is 0.667. The van der Waals surface area contributed by atoms with Crippen molar-refractivity contribution >= 4 is 5.97 Å². The van der Waals surface area contributed by atoms with Crippen LogP contribution in [-0.4, -0.2) is 18.3 Å². The maximum Gasteiger partial charge on any atom is 0.430 e. The molecule has 0 aromatic rings. The summed E-state index contributed by atoms with van der Waals surface area (Å²) >= 11 is 0. The summed E-state index contributed by atoms with van der Waals surface area (Å²) in [6, 6.07) is 0. The zero-order valence-electron chi connectivity index (χ0n) is 3.91. The molecule has 0 aliphatic heterocycles. The van der Waals surface area contributed by atoms with Crippen molar-refractivity contribution in [3.63, 3.8) is 0 Å². The minimum absolute atomic E-state index is 3.06. The summed E-state index contributed by atoms with van der Waals surface area (Å²) in [5.74, 6) is -8.09. The van der Waals surface area contributed by atoms with Crippen LogP contribution in [0.4, 0.5) is 17.6 Å². The van der Waals surface area contributed by atoms with Gasteiger partial charge in [0.2, 0.25) is 0 Å². The lowest BCUT2D eigenvalue weighted by Gasteiger charge is -2.05. The summed E-state index contributed by atoms with van der Waals surface area (Å²) in [7, 11) is 0. The molecule has 2 nitrogen and oxygen atoms in total. The van der Waals surface area contributed by atoms with E-state index in [9.17, 15) is 17.6 Å². The number of carbonyl (C=O) groups is 1. The summed E-state index contributed by atoms with van der Waals surface area (Å²) < 4.78 is 44.3. The van der Waals surface area contributed by atoms with Gasteiger partial charge in [0.25, 0.3) is 0 Å². The predicted molar refractivity (Wildman–Crippen MR) is 16.6 cm³/mol. The first-order valence-corrected chi connectivity index (χ1v) is 1.76. The van der Waals surface area contributed by atoms with E-state index >= 15 is 0 Å². The lowest BCUT2D eigenvalue weighted by molar-refractivity contribution is -0.194. The molecule has 0 amide bonds. The van der Waals surface area contributed by atoms with E-state index < -0.39 is 18.3 Å². The van der Waals surface area contributed by atoms with Gasteiger partial charge in [0.15, 0.2) is 0 Å². The molecule has 0 saturated carbocycles. The Balaban J connectivity index is 4.19. The van der Waals surface area contributed by atoms with E-state index in [1.807, 2.05) is 0 Å². The predicted octanol–water partition coefficient (Wildman–Crippen LogP) is 0.844. The molecule has 0 atom stereocenters. The van der Waals surface area contributed by atoms with Crippen LogP contribution in [0.3, 0.4) is 0 Å². The van der Waals surface area contributed by atoms with Crippen molar-refractivity contribution in [1.29, 1.82) is 0 Å². The summed E-state index contributed by atoms with van der Waals surface area (Å²) in [5, 5.41) is 9.12. The number of hydrogen-bond acceptors (Lipinski definition) is 1. The quantitative estimate of drug-likeness (QED) is 0.530. The van der Waals surface area contributed by atoms with Crippen molar-refractivity contribution in [2.75, 3.05) is 0 Å². The Morgan fingerprint density at radius 2 is 1.67 bits per heavy atom. The normalized spacial score (nSPS) is 12.1. The Hall–Kier alpha value is -0.810. The molecule has 0 spiro atoms. The Bertz CT molecular complexity index is 121. The van der Waals surface area contributed by atoms with E-state index in [0.717, 1.165) is 0 Å².